The summed E-state index contributed by atoms with van der Waals surface area (Å²) in [5.41, 5.74) is 1.34. The van der Waals surface area contributed by atoms with Gasteiger partial charge in [-0.2, -0.15) is 0 Å². The predicted molar refractivity (Wildman–Crippen MR) is 70.3 cm³/mol. The highest BCUT2D eigenvalue weighted by Gasteiger charge is 2.14. The smallest absolute Gasteiger partial charge is 0.356 e. The fourth-order valence-electron chi connectivity index (χ4n) is 1.44. The van der Waals surface area contributed by atoms with E-state index in [0.29, 0.717) is 6.92 Å². The van der Waals surface area contributed by atoms with Gasteiger partial charge in [0.15, 0.2) is 0 Å². The third kappa shape index (κ3) is 8.59. The molecule has 0 atom stereocenters. The lowest BCUT2D eigenvalue weighted by Gasteiger charge is -2.12. The molecule has 0 saturated heterocycles. The van der Waals surface area contributed by atoms with E-state index in [2.05, 4.69) is 27.7 Å². The Morgan fingerprint density at radius 3 is 2.00 bits per heavy atom. The molecule has 0 saturated carbocycles. The van der Waals surface area contributed by atoms with Gasteiger partial charge in [-0.3, -0.25) is 0 Å². The summed E-state index contributed by atoms with van der Waals surface area (Å²) in [5, 5.41) is 0. The Hall–Kier alpha value is -0.395. The molecule has 0 spiro atoms. The van der Waals surface area contributed by atoms with E-state index >= 15 is 0 Å². The quantitative estimate of drug-likeness (QED) is 0.388. The van der Waals surface area contributed by atoms with E-state index in [-0.39, 0.29) is 0 Å². The van der Waals surface area contributed by atoms with Crippen molar-refractivity contribution in [2.24, 2.45) is 0 Å². The molecule has 15 heavy (non-hydrogen) atoms. The summed E-state index contributed by atoms with van der Waals surface area (Å²) in [7, 11) is 0. The minimum absolute atomic E-state index is 0.450. The van der Waals surface area contributed by atoms with Gasteiger partial charge in [-0.05, 0) is 31.6 Å². The molecule has 0 aliphatic carbocycles. The molecule has 0 radical (unpaired) electrons. The van der Waals surface area contributed by atoms with Crippen LogP contribution in [0.5, 0.6) is 0 Å². The van der Waals surface area contributed by atoms with Crippen LogP contribution in [-0.4, -0.2) is 6.92 Å². The van der Waals surface area contributed by atoms with Crippen molar-refractivity contribution in [3.05, 3.63) is 11.8 Å². The second kappa shape index (κ2) is 10.1. The molecule has 0 aliphatic rings. The van der Waals surface area contributed by atoms with Crippen LogP contribution in [-0.2, 0) is 4.65 Å². The second-order valence-corrected chi connectivity index (χ2v) is 4.36. The summed E-state index contributed by atoms with van der Waals surface area (Å²) in [6, 6.07) is 0. The summed E-state index contributed by atoms with van der Waals surface area (Å²) >= 11 is 0. The number of rotatable bonds is 9. The van der Waals surface area contributed by atoms with Crippen LogP contribution in [0.15, 0.2) is 11.8 Å². The van der Waals surface area contributed by atoms with Crippen molar-refractivity contribution in [1.29, 1.82) is 0 Å². The van der Waals surface area contributed by atoms with E-state index in [1.807, 2.05) is 6.26 Å². The molecule has 88 valence electrons. The van der Waals surface area contributed by atoms with Gasteiger partial charge in [0.1, 0.15) is 0 Å². The van der Waals surface area contributed by atoms with Crippen LogP contribution in [0.3, 0.4) is 0 Å². The second-order valence-electron chi connectivity index (χ2n) is 4.36. The lowest BCUT2D eigenvalue weighted by atomic mass is 9.59. The highest BCUT2D eigenvalue weighted by Crippen LogP contribution is 2.12. The Morgan fingerprint density at radius 1 is 1.07 bits per heavy atom. The Labute approximate surface area is 96.4 Å². The monoisotopic (exact) mass is 210 g/mol. The zero-order valence-corrected chi connectivity index (χ0v) is 11.0. The molecule has 0 bridgehead atoms. The first-order chi connectivity index (χ1) is 7.24. The molecule has 0 unspecified atom stereocenters. The fraction of sp³-hybridized carbons (Fsp3) is 0.846. The van der Waals surface area contributed by atoms with E-state index in [0.717, 1.165) is 6.42 Å². The molecule has 0 aliphatic heterocycles. The molecule has 0 rings (SSSR count). The van der Waals surface area contributed by atoms with Gasteiger partial charge in [-0.15, -0.1) is 0 Å². The molecule has 0 aromatic carbocycles. The topological polar surface area (TPSA) is 9.23 Å². The number of hydrogen-bond donors (Lipinski definition) is 0. The van der Waals surface area contributed by atoms with Crippen molar-refractivity contribution in [3.63, 3.8) is 0 Å². The largest absolute Gasteiger partial charge is 0.566 e. The minimum Gasteiger partial charge on any atom is -0.566 e. The Bertz CT molecular complexity index is 158. The summed E-state index contributed by atoms with van der Waals surface area (Å²) in [6.07, 6.45) is 10.6. The maximum atomic E-state index is 5.84. The summed E-state index contributed by atoms with van der Waals surface area (Å²) in [4.78, 5) is 0. The van der Waals surface area contributed by atoms with Crippen molar-refractivity contribution < 1.29 is 4.65 Å². The lowest BCUT2D eigenvalue weighted by molar-refractivity contribution is 0.472. The average Bonchev–Trinajstić information content (AvgIpc) is 2.27. The van der Waals surface area contributed by atoms with E-state index in [1.54, 1.807) is 0 Å². The Balaban J connectivity index is 3.88. The molecular weight excluding hydrogens is 183 g/mol. The minimum atomic E-state index is 0.450. The highest BCUT2D eigenvalue weighted by atomic mass is 16.4. The van der Waals surface area contributed by atoms with Crippen molar-refractivity contribution in [2.45, 2.75) is 72.4 Å². The fourth-order valence-corrected chi connectivity index (χ4v) is 1.44. The van der Waals surface area contributed by atoms with Crippen LogP contribution in [0.25, 0.3) is 0 Å². The number of allylic oxidation sites excluding steroid dienone is 1. The highest BCUT2D eigenvalue weighted by molar-refractivity contribution is 6.52. The molecule has 1 nitrogen and oxygen atoms in total. The first-order valence-electron chi connectivity index (χ1n) is 6.55. The van der Waals surface area contributed by atoms with Gasteiger partial charge < -0.3 is 4.65 Å². The zero-order chi connectivity index (χ0) is 11.5. The predicted octanol–water partition coefficient (Wildman–Crippen LogP) is 4.91. The maximum Gasteiger partial charge on any atom is 0.356 e. The van der Waals surface area contributed by atoms with Crippen molar-refractivity contribution in [3.8, 4) is 0 Å². The molecule has 2 heteroatoms. The van der Waals surface area contributed by atoms with Gasteiger partial charge in [0, 0.05) is 0 Å². The van der Waals surface area contributed by atoms with Crippen molar-refractivity contribution >= 4 is 6.92 Å². The van der Waals surface area contributed by atoms with Gasteiger partial charge in [0.05, 0.1) is 6.26 Å². The lowest BCUT2D eigenvalue weighted by Crippen LogP contribution is -2.14. The van der Waals surface area contributed by atoms with Crippen molar-refractivity contribution in [2.75, 3.05) is 0 Å². The molecule has 0 N–H and O–H groups in total. The van der Waals surface area contributed by atoms with Crippen LogP contribution in [0.2, 0.25) is 12.6 Å². The average molecular weight is 210 g/mol. The van der Waals surface area contributed by atoms with Gasteiger partial charge in [-0.1, -0.05) is 46.5 Å². The van der Waals surface area contributed by atoms with Gasteiger partial charge in [-0.25, -0.2) is 0 Å². The molecule has 0 fully saturated rings. The van der Waals surface area contributed by atoms with E-state index < -0.39 is 0 Å². The molecule has 0 aromatic heterocycles. The molecule has 0 aromatic rings. The molecular formula is C13H27BO. The SMILES string of the molecule is CCCCB(CCCC)O/C=C(\C)CC. The van der Waals surface area contributed by atoms with Gasteiger partial charge >= 0.3 is 6.92 Å². The number of unbranched alkanes of at least 4 members (excludes halogenated alkanes) is 2. The van der Waals surface area contributed by atoms with E-state index in [1.165, 1.54) is 43.9 Å². The third-order valence-corrected chi connectivity index (χ3v) is 2.78. The van der Waals surface area contributed by atoms with Crippen LogP contribution >= 0.6 is 0 Å². The first-order valence-corrected chi connectivity index (χ1v) is 6.55. The molecule has 0 amide bonds. The van der Waals surface area contributed by atoms with Gasteiger partial charge in [0.25, 0.3) is 0 Å². The standard InChI is InChI=1S/C13H27BO/c1-5-8-10-14(11-9-6-2)15-12-13(4)7-3/h12H,5-11H2,1-4H3/b13-12+. The number of hydrogen-bond acceptors (Lipinski definition) is 1. The van der Waals surface area contributed by atoms with Gasteiger partial charge in [0.2, 0.25) is 0 Å². The summed E-state index contributed by atoms with van der Waals surface area (Å²) in [5.74, 6) is 0. The van der Waals surface area contributed by atoms with Crippen LogP contribution in [0, 0.1) is 0 Å². The Morgan fingerprint density at radius 2 is 1.60 bits per heavy atom. The molecule has 0 heterocycles. The Kier molecular flexibility index (Phi) is 9.87. The third-order valence-electron chi connectivity index (χ3n) is 2.78. The maximum absolute atomic E-state index is 5.84. The van der Waals surface area contributed by atoms with Crippen LogP contribution < -0.4 is 0 Å². The van der Waals surface area contributed by atoms with E-state index in [9.17, 15) is 0 Å². The van der Waals surface area contributed by atoms with Crippen LogP contribution in [0.4, 0.5) is 0 Å². The summed E-state index contributed by atoms with van der Waals surface area (Å²) in [6.45, 7) is 9.24. The summed E-state index contributed by atoms with van der Waals surface area (Å²) < 4.78 is 5.84. The zero-order valence-electron chi connectivity index (χ0n) is 11.0. The van der Waals surface area contributed by atoms with Crippen molar-refractivity contribution in [1.82, 2.24) is 0 Å². The normalized spacial score (nSPS) is 11.6. The van der Waals surface area contributed by atoms with Crippen LogP contribution in [0.1, 0.15) is 59.8 Å². The first kappa shape index (κ1) is 14.6. The van der Waals surface area contributed by atoms with E-state index in [4.69, 9.17) is 4.65 Å².